The van der Waals surface area contributed by atoms with Crippen molar-refractivity contribution in [3.63, 3.8) is 0 Å². The fourth-order valence-corrected chi connectivity index (χ4v) is 1.57. The Morgan fingerprint density at radius 3 is 2.82 bits per heavy atom. The first kappa shape index (κ1) is 13.8. The van der Waals surface area contributed by atoms with Crippen molar-refractivity contribution in [2.24, 2.45) is 0 Å². The van der Waals surface area contributed by atoms with Crippen LogP contribution in [-0.2, 0) is 4.74 Å². The minimum Gasteiger partial charge on any atom is -0.504 e. The number of rotatable bonds is 7. The molecule has 4 heteroatoms. The molecule has 0 aliphatic rings. The average molecular weight is 239 g/mol. The Morgan fingerprint density at radius 1 is 1.41 bits per heavy atom. The summed E-state index contributed by atoms with van der Waals surface area (Å²) in [6, 6.07) is 5.57. The van der Waals surface area contributed by atoms with Gasteiger partial charge in [0.15, 0.2) is 11.5 Å². The quantitative estimate of drug-likeness (QED) is 0.715. The summed E-state index contributed by atoms with van der Waals surface area (Å²) in [4.78, 5) is 0. The fourth-order valence-electron chi connectivity index (χ4n) is 1.57. The van der Waals surface area contributed by atoms with Gasteiger partial charge in [0.1, 0.15) is 0 Å². The number of ether oxygens (including phenoxy) is 2. The van der Waals surface area contributed by atoms with Gasteiger partial charge in [0.05, 0.1) is 13.7 Å². The number of methoxy groups -OCH3 is 1. The van der Waals surface area contributed by atoms with Gasteiger partial charge in [-0.25, -0.2) is 0 Å². The van der Waals surface area contributed by atoms with E-state index in [9.17, 15) is 5.11 Å². The predicted molar refractivity (Wildman–Crippen MR) is 67.6 cm³/mol. The van der Waals surface area contributed by atoms with Gasteiger partial charge in [-0.15, -0.1) is 0 Å². The molecule has 0 aromatic heterocycles. The van der Waals surface area contributed by atoms with Crippen LogP contribution >= 0.6 is 0 Å². The molecule has 0 aliphatic heterocycles. The molecule has 0 bridgehead atoms. The van der Waals surface area contributed by atoms with Gasteiger partial charge in [-0.05, 0) is 31.5 Å². The average Bonchev–Trinajstić information content (AvgIpc) is 2.35. The highest BCUT2D eigenvalue weighted by atomic mass is 16.5. The normalized spacial score (nSPS) is 12.4. The fraction of sp³-hybridized carbons (Fsp3) is 0.538. The van der Waals surface area contributed by atoms with Crippen LogP contribution in [0.3, 0.4) is 0 Å². The standard InChI is InChI=1S/C13H21NO3/c1-4-17-8-7-14-10(2)11-5-6-12(15)13(9-11)16-3/h5-6,9-10,14-15H,4,7-8H2,1-3H3. The lowest BCUT2D eigenvalue weighted by atomic mass is 10.1. The highest BCUT2D eigenvalue weighted by Gasteiger charge is 2.08. The first-order chi connectivity index (χ1) is 8.19. The summed E-state index contributed by atoms with van der Waals surface area (Å²) in [5, 5.41) is 12.8. The number of hydrogen-bond acceptors (Lipinski definition) is 4. The zero-order valence-electron chi connectivity index (χ0n) is 10.7. The van der Waals surface area contributed by atoms with Crippen LogP contribution in [-0.4, -0.2) is 32.0 Å². The molecular weight excluding hydrogens is 218 g/mol. The van der Waals surface area contributed by atoms with E-state index in [0.717, 1.165) is 18.7 Å². The molecule has 17 heavy (non-hydrogen) atoms. The number of benzene rings is 1. The van der Waals surface area contributed by atoms with Gasteiger partial charge >= 0.3 is 0 Å². The lowest BCUT2D eigenvalue weighted by Gasteiger charge is -2.15. The summed E-state index contributed by atoms with van der Waals surface area (Å²) in [7, 11) is 1.55. The summed E-state index contributed by atoms with van der Waals surface area (Å²) >= 11 is 0. The van der Waals surface area contributed by atoms with Crippen LogP contribution in [0.5, 0.6) is 11.5 Å². The summed E-state index contributed by atoms with van der Waals surface area (Å²) in [5.74, 6) is 0.665. The molecule has 0 radical (unpaired) electrons. The van der Waals surface area contributed by atoms with Gasteiger partial charge in [-0.2, -0.15) is 0 Å². The van der Waals surface area contributed by atoms with Crippen molar-refractivity contribution >= 4 is 0 Å². The zero-order chi connectivity index (χ0) is 12.7. The van der Waals surface area contributed by atoms with Crippen molar-refractivity contribution in [3.8, 4) is 11.5 Å². The van der Waals surface area contributed by atoms with Crippen LogP contribution in [0.2, 0.25) is 0 Å². The lowest BCUT2D eigenvalue weighted by molar-refractivity contribution is 0.147. The van der Waals surface area contributed by atoms with E-state index in [0.29, 0.717) is 12.4 Å². The largest absolute Gasteiger partial charge is 0.504 e. The molecule has 1 rings (SSSR count). The third kappa shape index (κ3) is 4.24. The number of nitrogens with one attached hydrogen (secondary N) is 1. The number of phenols is 1. The van der Waals surface area contributed by atoms with E-state index < -0.39 is 0 Å². The van der Waals surface area contributed by atoms with Crippen LogP contribution in [0.15, 0.2) is 18.2 Å². The van der Waals surface area contributed by atoms with Crippen molar-refractivity contribution in [1.82, 2.24) is 5.32 Å². The maximum Gasteiger partial charge on any atom is 0.160 e. The Morgan fingerprint density at radius 2 is 2.18 bits per heavy atom. The molecule has 1 atom stereocenters. The number of aromatic hydroxyl groups is 1. The van der Waals surface area contributed by atoms with E-state index in [2.05, 4.69) is 12.2 Å². The van der Waals surface area contributed by atoms with Crippen molar-refractivity contribution in [3.05, 3.63) is 23.8 Å². The predicted octanol–water partition coefficient (Wildman–Crippen LogP) is 2.09. The molecule has 0 aliphatic carbocycles. The van der Waals surface area contributed by atoms with Crippen LogP contribution in [0, 0.1) is 0 Å². The van der Waals surface area contributed by atoms with Gasteiger partial charge in [0.25, 0.3) is 0 Å². The van der Waals surface area contributed by atoms with E-state index in [4.69, 9.17) is 9.47 Å². The number of phenolic OH excluding ortho intramolecular Hbond substituents is 1. The molecule has 2 N–H and O–H groups in total. The highest BCUT2D eigenvalue weighted by Crippen LogP contribution is 2.28. The monoisotopic (exact) mass is 239 g/mol. The first-order valence-electron chi connectivity index (χ1n) is 5.87. The van der Waals surface area contributed by atoms with E-state index >= 15 is 0 Å². The van der Waals surface area contributed by atoms with E-state index in [1.54, 1.807) is 13.2 Å². The van der Waals surface area contributed by atoms with Gasteiger partial charge in [0, 0.05) is 19.2 Å². The van der Waals surface area contributed by atoms with Crippen molar-refractivity contribution in [2.45, 2.75) is 19.9 Å². The van der Waals surface area contributed by atoms with Crippen LogP contribution in [0.1, 0.15) is 25.5 Å². The van der Waals surface area contributed by atoms with Gasteiger partial charge in [-0.3, -0.25) is 0 Å². The van der Waals surface area contributed by atoms with Crippen molar-refractivity contribution in [2.75, 3.05) is 26.9 Å². The SMILES string of the molecule is CCOCCNC(C)c1ccc(O)c(OC)c1. The minimum absolute atomic E-state index is 0.165. The molecule has 1 unspecified atom stereocenters. The molecule has 0 fully saturated rings. The Labute approximate surface area is 103 Å². The molecule has 96 valence electrons. The van der Waals surface area contributed by atoms with Crippen molar-refractivity contribution in [1.29, 1.82) is 0 Å². The van der Waals surface area contributed by atoms with Crippen molar-refractivity contribution < 1.29 is 14.6 Å². The minimum atomic E-state index is 0.165. The summed E-state index contributed by atoms with van der Waals surface area (Å²) < 4.78 is 10.3. The second-order valence-corrected chi connectivity index (χ2v) is 3.80. The van der Waals surface area contributed by atoms with Crippen LogP contribution < -0.4 is 10.1 Å². The molecule has 0 amide bonds. The summed E-state index contributed by atoms with van der Waals surface area (Å²) in [6.45, 7) is 6.30. The Bertz CT molecular complexity index is 341. The first-order valence-corrected chi connectivity index (χ1v) is 5.87. The Balaban J connectivity index is 2.53. The second kappa shape index (κ2) is 7.14. The van der Waals surface area contributed by atoms with Gasteiger partial charge < -0.3 is 19.9 Å². The third-order valence-electron chi connectivity index (χ3n) is 2.60. The lowest BCUT2D eigenvalue weighted by Crippen LogP contribution is -2.23. The zero-order valence-corrected chi connectivity index (χ0v) is 10.7. The van der Waals surface area contributed by atoms with E-state index in [-0.39, 0.29) is 11.8 Å². The molecule has 1 aromatic carbocycles. The molecule has 1 aromatic rings. The molecule has 0 saturated heterocycles. The van der Waals surface area contributed by atoms with Gasteiger partial charge in [0.2, 0.25) is 0 Å². The van der Waals surface area contributed by atoms with E-state index in [1.807, 2.05) is 19.1 Å². The van der Waals surface area contributed by atoms with Crippen LogP contribution in [0.4, 0.5) is 0 Å². The van der Waals surface area contributed by atoms with E-state index in [1.165, 1.54) is 0 Å². The smallest absolute Gasteiger partial charge is 0.160 e. The molecule has 0 spiro atoms. The highest BCUT2D eigenvalue weighted by molar-refractivity contribution is 5.42. The number of hydrogen-bond donors (Lipinski definition) is 2. The molecular formula is C13H21NO3. The Hall–Kier alpha value is -1.26. The molecule has 0 heterocycles. The van der Waals surface area contributed by atoms with Crippen LogP contribution in [0.25, 0.3) is 0 Å². The third-order valence-corrected chi connectivity index (χ3v) is 2.60. The maximum atomic E-state index is 9.50. The summed E-state index contributed by atoms with van der Waals surface area (Å²) in [5.41, 5.74) is 1.08. The second-order valence-electron chi connectivity index (χ2n) is 3.80. The topological polar surface area (TPSA) is 50.7 Å². The summed E-state index contributed by atoms with van der Waals surface area (Å²) in [6.07, 6.45) is 0. The Kier molecular flexibility index (Phi) is 5.80. The maximum absolute atomic E-state index is 9.50. The molecule has 0 saturated carbocycles. The van der Waals surface area contributed by atoms with Gasteiger partial charge in [-0.1, -0.05) is 6.07 Å². The molecule has 4 nitrogen and oxygen atoms in total.